The van der Waals surface area contributed by atoms with Crippen molar-refractivity contribution in [2.45, 2.75) is 19.4 Å². The number of nitriles is 1. The lowest BCUT2D eigenvalue weighted by Gasteiger charge is -2.25. The van der Waals surface area contributed by atoms with Crippen LogP contribution < -0.4 is 10.1 Å². The molecule has 1 heterocycles. The molecule has 150 valence electrons. The van der Waals surface area contributed by atoms with Gasteiger partial charge in [0.2, 0.25) is 0 Å². The molecular weight excluding hydrogens is 388 g/mol. The van der Waals surface area contributed by atoms with Crippen LogP contribution in [0.2, 0.25) is 0 Å². The average Bonchev–Trinajstić information content (AvgIpc) is 3.02. The zero-order valence-electron chi connectivity index (χ0n) is 15.4. The van der Waals surface area contributed by atoms with E-state index in [1.54, 1.807) is 11.8 Å². The van der Waals surface area contributed by atoms with Crippen LogP contribution in [0, 0.1) is 21.4 Å². The summed E-state index contributed by atoms with van der Waals surface area (Å²) >= 11 is 0. The van der Waals surface area contributed by atoms with Gasteiger partial charge in [-0.1, -0.05) is 0 Å². The molecule has 1 atom stereocenters. The number of carbonyl (C=O) groups is 1. The first-order valence-corrected chi connectivity index (χ1v) is 10.2. The summed E-state index contributed by atoms with van der Waals surface area (Å²) in [5, 5.41) is 22.7. The number of nitro benzene ring substituents is 1. The van der Waals surface area contributed by atoms with Crippen molar-refractivity contribution in [3.05, 3.63) is 40.1 Å². The van der Waals surface area contributed by atoms with Crippen molar-refractivity contribution < 1.29 is 22.9 Å². The molecule has 28 heavy (non-hydrogen) atoms. The van der Waals surface area contributed by atoms with Crippen LogP contribution in [0.3, 0.4) is 0 Å². The normalized spacial score (nSPS) is 18.2. The average molecular weight is 408 g/mol. The molecule has 1 aromatic carbocycles. The van der Waals surface area contributed by atoms with E-state index in [-0.39, 0.29) is 40.2 Å². The van der Waals surface area contributed by atoms with Gasteiger partial charge < -0.3 is 15.0 Å². The van der Waals surface area contributed by atoms with Crippen molar-refractivity contribution in [3.8, 4) is 11.8 Å². The molecule has 1 aliphatic heterocycles. The second-order valence-corrected chi connectivity index (χ2v) is 8.37. The molecule has 2 rings (SSSR count). The summed E-state index contributed by atoms with van der Waals surface area (Å²) < 4.78 is 28.4. The molecule has 0 bridgehead atoms. The van der Waals surface area contributed by atoms with Crippen LogP contribution >= 0.6 is 0 Å². The maximum atomic E-state index is 12.5. The smallest absolute Gasteiger partial charge is 0.273 e. The molecule has 0 aliphatic carbocycles. The Morgan fingerprint density at radius 2 is 2.25 bits per heavy atom. The number of sulfone groups is 1. The molecule has 0 aromatic heterocycles. The Morgan fingerprint density at radius 3 is 2.75 bits per heavy atom. The third-order valence-corrected chi connectivity index (χ3v) is 6.10. The molecule has 1 saturated heterocycles. The van der Waals surface area contributed by atoms with Crippen LogP contribution in [0.1, 0.15) is 13.3 Å². The molecular formula is C17H20N4O6S. The van der Waals surface area contributed by atoms with E-state index in [4.69, 9.17) is 4.74 Å². The maximum Gasteiger partial charge on any atom is 0.273 e. The second-order valence-electron chi connectivity index (χ2n) is 6.14. The summed E-state index contributed by atoms with van der Waals surface area (Å²) in [6, 6.07) is 5.19. The number of benzene rings is 1. The molecule has 10 nitrogen and oxygen atoms in total. The monoisotopic (exact) mass is 408 g/mol. The quantitative estimate of drug-likeness (QED) is 0.309. The molecule has 1 unspecified atom stereocenters. The minimum atomic E-state index is -3.11. The summed E-state index contributed by atoms with van der Waals surface area (Å²) in [5.74, 6) is -0.591. The molecule has 1 aromatic rings. The summed E-state index contributed by atoms with van der Waals surface area (Å²) in [6.07, 6.45) is 1.78. The van der Waals surface area contributed by atoms with Gasteiger partial charge >= 0.3 is 0 Å². The zero-order chi connectivity index (χ0) is 20.9. The molecule has 0 radical (unpaired) electrons. The van der Waals surface area contributed by atoms with Gasteiger partial charge in [0.1, 0.15) is 17.4 Å². The Balaban J connectivity index is 2.22. The predicted octanol–water partition coefficient (Wildman–Crippen LogP) is 1.46. The standard InChI is InChI=1S/C17H20N4O6S/c1-3-20(14-6-7-28(25,26)11-14)10-12(9-18)17(22)19-15-5-4-13(21(23)24)8-16(15)27-2/h4-5,8,10,14H,3,6-7,11H2,1-2H3,(H,19,22)/b12-10-. The third kappa shape index (κ3) is 4.98. The fourth-order valence-electron chi connectivity index (χ4n) is 2.88. The first-order chi connectivity index (χ1) is 13.2. The Kier molecular flexibility index (Phi) is 6.58. The van der Waals surface area contributed by atoms with E-state index in [1.807, 2.05) is 6.07 Å². The number of nitrogens with zero attached hydrogens (tertiary/aromatic N) is 3. The van der Waals surface area contributed by atoms with E-state index in [2.05, 4.69) is 5.32 Å². The number of amides is 1. The van der Waals surface area contributed by atoms with Crippen LogP contribution in [-0.4, -0.2) is 55.4 Å². The van der Waals surface area contributed by atoms with Crippen molar-refractivity contribution in [3.63, 3.8) is 0 Å². The van der Waals surface area contributed by atoms with Gasteiger partial charge in [0, 0.05) is 24.9 Å². The predicted molar refractivity (Wildman–Crippen MR) is 101 cm³/mol. The van der Waals surface area contributed by atoms with Crippen molar-refractivity contribution in [1.29, 1.82) is 5.26 Å². The highest BCUT2D eigenvalue weighted by molar-refractivity contribution is 7.91. The van der Waals surface area contributed by atoms with E-state index in [1.165, 1.54) is 25.4 Å². The summed E-state index contributed by atoms with van der Waals surface area (Å²) in [4.78, 5) is 24.4. The number of methoxy groups -OCH3 is 1. The van der Waals surface area contributed by atoms with E-state index < -0.39 is 20.7 Å². The van der Waals surface area contributed by atoms with Crippen LogP contribution in [0.5, 0.6) is 5.75 Å². The van der Waals surface area contributed by atoms with Crippen molar-refractivity contribution in [2.24, 2.45) is 0 Å². The minimum absolute atomic E-state index is 0.0200. The summed E-state index contributed by atoms with van der Waals surface area (Å²) in [6.45, 7) is 2.23. The number of hydrogen-bond donors (Lipinski definition) is 1. The number of carbonyl (C=O) groups excluding carboxylic acids is 1. The number of rotatable bonds is 7. The second kappa shape index (κ2) is 8.71. The summed E-state index contributed by atoms with van der Waals surface area (Å²) in [5.41, 5.74) is -0.247. The van der Waals surface area contributed by atoms with Gasteiger partial charge in [-0.2, -0.15) is 5.26 Å². The molecule has 11 heteroatoms. The Hall–Kier alpha value is -3.13. The minimum Gasteiger partial charge on any atom is -0.494 e. The Labute approximate surface area is 162 Å². The van der Waals surface area contributed by atoms with E-state index in [0.717, 1.165) is 6.07 Å². The van der Waals surface area contributed by atoms with Gasteiger partial charge in [-0.05, 0) is 19.4 Å². The van der Waals surface area contributed by atoms with Gasteiger partial charge in [0.05, 0.1) is 35.3 Å². The van der Waals surface area contributed by atoms with Crippen LogP contribution in [0.4, 0.5) is 11.4 Å². The lowest BCUT2D eigenvalue weighted by atomic mass is 10.2. The summed E-state index contributed by atoms with van der Waals surface area (Å²) in [7, 11) is -1.81. The highest BCUT2D eigenvalue weighted by Crippen LogP contribution is 2.29. The Morgan fingerprint density at radius 1 is 1.54 bits per heavy atom. The van der Waals surface area contributed by atoms with Crippen LogP contribution in [-0.2, 0) is 14.6 Å². The number of nitro groups is 1. The van der Waals surface area contributed by atoms with Gasteiger partial charge in [-0.3, -0.25) is 14.9 Å². The third-order valence-electron chi connectivity index (χ3n) is 4.35. The lowest BCUT2D eigenvalue weighted by Crippen LogP contribution is -2.32. The highest BCUT2D eigenvalue weighted by atomic mass is 32.2. The number of nitrogens with one attached hydrogen (secondary N) is 1. The lowest BCUT2D eigenvalue weighted by molar-refractivity contribution is -0.384. The Bertz CT molecular complexity index is 951. The van der Waals surface area contributed by atoms with E-state index in [9.17, 15) is 28.6 Å². The fraction of sp³-hybridized carbons (Fsp3) is 0.412. The SMILES string of the molecule is CCN(/C=C(/C#N)C(=O)Nc1ccc([N+](=O)[O-])cc1OC)C1CCS(=O)(=O)C1. The number of hydrogen-bond acceptors (Lipinski definition) is 8. The number of non-ortho nitro benzene ring substituents is 1. The van der Waals surface area contributed by atoms with Crippen LogP contribution in [0.15, 0.2) is 30.0 Å². The fourth-order valence-corrected chi connectivity index (χ4v) is 4.62. The molecule has 1 fully saturated rings. The molecule has 1 N–H and O–H groups in total. The molecule has 0 saturated carbocycles. The largest absolute Gasteiger partial charge is 0.494 e. The molecule has 1 amide bonds. The van der Waals surface area contributed by atoms with E-state index >= 15 is 0 Å². The molecule has 0 spiro atoms. The highest BCUT2D eigenvalue weighted by Gasteiger charge is 2.31. The van der Waals surface area contributed by atoms with Gasteiger partial charge in [-0.25, -0.2) is 8.42 Å². The topological polar surface area (TPSA) is 143 Å². The van der Waals surface area contributed by atoms with Gasteiger partial charge in [-0.15, -0.1) is 0 Å². The van der Waals surface area contributed by atoms with Crippen molar-refractivity contribution >= 4 is 27.1 Å². The van der Waals surface area contributed by atoms with Gasteiger partial charge in [0.15, 0.2) is 9.84 Å². The first-order valence-electron chi connectivity index (χ1n) is 8.42. The maximum absolute atomic E-state index is 12.5. The van der Waals surface area contributed by atoms with Crippen molar-refractivity contribution in [1.82, 2.24) is 4.90 Å². The van der Waals surface area contributed by atoms with E-state index in [0.29, 0.717) is 13.0 Å². The number of ether oxygens (including phenoxy) is 1. The zero-order valence-corrected chi connectivity index (χ0v) is 16.2. The number of anilines is 1. The first kappa shape index (κ1) is 21.2. The van der Waals surface area contributed by atoms with Gasteiger partial charge in [0.25, 0.3) is 11.6 Å². The molecule has 1 aliphatic rings. The van der Waals surface area contributed by atoms with Crippen molar-refractivity contribution in [2.75, 3.05) is 30.5 Å². The van der Waals surface area contributed by atoms with Crippen LogP contribution in [0.25, 0.3) is 0 Å².